The molecule has 1 saturated carbocycles. The Morgan fingerprint density at radius 2 is 2.38 bits per heavy atom. The highest BCUT2D eigenvalue weighted by molar-refractivity contribution is 7.09. The van der Waals surface area contributed by atoms with Gasteiger partial charge in [0.15, 0.2) is 0 Å². The quantitative estimate of drug-likeness (QED) is 0.806. The second kappa shape index (κ2) is 3.39. The van der Waals surface area contributed by atoms with Crippen molar-refractivity contribution in [3.05, 3.63) is 16.1 Å². The predicted octanol–water partition coefficient (Wildman–Crippen LogP) is 2.43. The molecule has 0 radical (unpaired) electrons. The molecule has 0 bridgehead atoms. The molecule has 0 aromatic carbocycles. The van der Waals surface area contributed by atoms with Gasteiger partial charge in [0.25, 0.3) is 0 Å². The first kappa shape index (κ1) is 9.16. The summed E-state index contributed by atoms with van der Waals surface area (Å²) in [7, 11) is 0. The Balaban J connectivity index is 2.12. The van der Waals surface area contributed by atoms with Crippen LogP contribution in [0, 0.1) is 0 Å². The van der Waals surface area contributed by atoms with Gasteiger partial charge in [-0.25, -0.2) is 4.98 Å². The fraction of sp³-hybridized carbons (Fsp3) is 0.700. The van der Waals surface area contributed by atoms with Crippen molar-refractivity contribution in [1.29, 1.82) is 0 Å². The molecule has 1 aromatic heterocycles. The van der Waals surface area contributed by atoms with Gasteiger partial charge in [-0.15, -0.1) is 11.3 Å². The van der Waals surface area contributed by atoms with Crippen LogP contribution in [0.4, 0.5) is 0 Å². The average molecular weight is 196 g/mol. The van der Waals surface area contributed by atoms with Gasteiger partial charge in [-0.2, -0.15) is 0 Å². The van der Waals surface area contributed by atoms with Crippen molar-refractivity contribution in [2.75, 3.05) is 0 Å². The molecule has 1 fully saturated rings. The van der Waals surface area contributed by atoms with Crippen molar-refractivity contribution < 1.29 is 0 Å². The number of aromatic nitrogens is 1. The summed E-state index contributed by atoms with van der Waals surface area (Å²) in [6.45, 7) is 2.18. The summed E-state index contributed by atoms with van der Waals surface area (Å²) in [4.78, 5) is 4.59. The fourth-order valence-electron chi connectivity index (χ4n) is 1.68. The van der Waals surface area contributed by atoms with Gasteiger partial charge in [-0.3, -0.25) is 0 Å². The Kier molecular flexibility index (Phi) is 2.39. The van der Waals surface area contributed by atoms with Crippen molar-refractivity contribution in [2.24, 2.45) is 5.73 Å². The monoisotopic (exact) mass is 196 g/mol. The summed E-state index contributed by atoms with van der Waals surface area (Å²) in [5, 5.41) is 3.31. The standard InChI is InChI=1S/C10H16N2S/c1-2-4-8-7-13-9(12-8)10(11)5-3-6-10/h7H,2-6,11H2,1H3. The van der Waals surface area contributed by atoms with Crippen molar-refractivity contribution in [2.45, 2.75) is 44.6 Å². The van der Waals surface area contributed by atoms with E-state index in [0.717, 1.165) is 24.3 Å². The third-order valence-corrected chi connectivity index (χ3v) is 3.84. The van der Waals surface area contributed by atoms with Crippen LogP contribution < -0.4 is 5.73 Å². The summed E-state index contributed by atoms with van der Waals surface area (Å²) in [5.41, 5.74) is 7.34. The number of rotatable bonds is 3. The molecule has 1 aromatic rings. The van der Waals surface area contributed by atoms with Crippen molar-refractivity contribution in [3.8, 4) is 0 Å². The molecule has 0 spiro atoms. The maximum atomic E-state index is 6.18. The van der Waals surface area contributed by atoms with E-state index in [0.29, 0.717) is 0 Å². The molecule has 2 rings (SSSR count). The molecule has 2 N–H and O–H groups in total. The SMILES string of the molecule is CCCc1csc(C2(N)CCC2)n1. The van der Waals surface area contributed by atoms with Crippen LogP contribution in [0.5, 0.6) is 0 Å². The molecular formula is C10H16N2S. The molecular weight excluding hydrogens is 180 g/mol. The minimum absolute atomic E-state index is 0.0589. The Hall–Kier alpha value is -0.410. The molecule has 3 heteroatoms. The third kappa shape index (κ3) is 1.63. The lowest BCUT2D eigenvalue weighted by atomic mass is 9.78. The zero-order chi connectivity index (χ0) is 9.31. The summed E-state index contributed by atoms with van der Waals surface area (Å²) in [6.07, 6.45) is 5.75. The van der Waals surface area contributed by atoms with Gasteiger partial charge < -0.3 is 5.73 Å². The van der Waals surface area contributed by atoms with Crippen LogP contribution in [-0.4, -0.2) is 4.98 Å². The number of hydrogen-bond donors (Lipinski definition) is 1. The van der Waals surface area contributed by atoms with E-state index in [1.807, 2.05) is 0 Å². The van der Waals surface area contributed by atoms with E-state index < -0.39 is 0 Å². The highest BCUT2D eigenvalue weighted by Gasteiger charge is 2.36. The second-order valence-corrected chi connectivity index (χ2v) is 4.76. The summed E-state index contributed by atoms with van der Waals surface area (Å²) >= 11 is 1.74. The smallest absolute Gasteiger partial charge is 0.113 e. The van der Waals surface area contributed by atoms with Gasteiger partial charge in [0.2, 0.25) is 0 Å². The van der Waals surface area contributed by atoms with E-state index in [4.69, 9.17) is 5.73 Å². The van der Waals surface area contributed by atoms with Crippen molar-refractivity contribution in [1.82, 2.24) is 4.98 Å². The maximum absolute atomic E-state index is 6.18. The average Bonchev–Trinajstić information content (AvgIpc) is 2.50. The van der Waals surface area contributed by atoms with Gasteiger partial charge in [-0.1, -0.05) is 13.3 Å². The topological polar surface area (TPSA) is 38.9 Å². The van der Waals surface area contributed by atoms with Crippen molar-refractivity contribution in [3.63, 3.8) is 0 Å². The van der Waals surface area contributed by atoms with Gasteiger partial charge in [0.1, 0.15) is 5.01 Å². The number of nitrogens with zero attached hydrogens (tertiary/aromatic N) is 1. The molecule has 0 amide bonds. The Labute approximate surface area is 83.2 Å². The Morgan fingerprint density at radius 1 is 1.62 bits per heavy atom. The number of thiazole rings is 1. The van der Waals surface area contributed by atoms with Crippen molar-refractivity contribution >= 4 is 11.3 Å². The lowest BCUT2D eigenvalue weighted by Crippen LogP contribution is -2.43. The van der Waals surface area contributed by atoms with E-state index in [2.05, 4.69) is 17.3 Å². The minimum atomic E-state index is -0.0589. The van der Waals surface area contributed by atoms with Crippen LogP contribution >= 0.6 is 11.3 Å². The van der Waals surface area contributed by atoms with E-state index in [-0.39, 0.29) is 5.54 Å². The van der Waals surface area contributed by atoms with Crippen LogP contribution in [0.15, 0.2) is 5.38 Å². The predicted molar refractivity (Wildman–Crippen MR) is 55.8 cm³/mol. The van der Waals surface area contributed by atoms with Crippen LogP contribution in [0.3, 0.4) is 0 Å². The normalized spacial score (nSPS) is 19.8. The second-order valence-electron chi connectivity index (χ2n) is 3.90. The lowest BCUT2D eigenvalue weighted by Gasteiger charge is -2.35. The molecule has 1 aliphatic carbocycles. The lowest BCUT2D eigenvalue weighted by molar-refractivity contribution is 0.252. The summed E-state index contributed by atoms with van der Waals surface area (Å²) in [6, 6.07) is 0. The minimum Gasteiger partial charge on any atom is -0.319 e. The van der Waals surface area contributed by atoms with Crippen LogP contribution in [-0.2, 0) is 12.0 Å². The van der Waals surface area contributed by atoms with E-state index >= 15 is 0 Å². The van der Waals surface area contributed by atoms with E-state index in [1.165, 1.54) is 18.5 Å². The summed E-state index contributed by atoms with van der Waals surface area (Å²) < 4.78 is 0. The molecule has 0 aliphatic heterocycles. The highest BCUT2D eigenvalue weighted by Crippen LogP contribution is 2.39. The first-order valence-electron chi connectivity index (χ1n) is 4.98. The molecule has 0 saturated heterocycles. The first-order valence-corrected chi connectivity index (χ1v) is 5.86. The molecule has 0 unspecified atom stereocenters. The van der Waals surface area contributed by atoms with Gasteiger partial charge >= 0.3 is 0 Å². The van der Waals surface area contributed by atoms with Gasteiger partial charge in [0.05, 0.1) is 11.2 Å². The highest BCUT2D eigenvalue weighted by atomic mass is 32.1. The van der Waals surface area contributed by atoms with Gasteiger partial charge in [-0.05, 0) is 25.7 Å². The number of hydrogen-bond acceptors (Lipinski definition) is 3. The fourth-order valence-corrected chi connectivity index (χ4v) is 2.71. The van der Waals surface area contributed by atoms with Crippen LogP contribution in [0.1, 0.15) is 43.3 Å². The zero-order valence-corrected chi connectivity index (χ0v) is 8.86. The van der Waals surface area contributed by atoms with E-state index in [9.17, 15) is 0 Å². The maximum Gasteiger partial charge on any atom is 0.113 e. The molecule has 0 atom stereocenters. The first-order chi connectivity index (χ1) is 6.24. The molecule has 72 valence electrons. The number of nitrogens with two attached hydrogens (primary N) is 1. The number of aryl methyl sites for hydroxylation is 1. The Bertz CT molecular complexity index is 289. The molecule has 2 nitrogen and oxygen atoms in total. The Morgan fingerprint density at radius 3 is 2.92 bits per heavy atom. The largest absolute Gasteiger partial charge is 0.319 e. The van der Waals surface area contributed by atoms with Crippen LogP contribution in [0.25, 0.3) is 0 Å². The van der Waals surface area contributed by atoms with Gasteiger partial charge in [0, 0.05) is 5.38 Å². The third-order valence-electron chi connectivity index (χ3n) is 2.73. The molecule has 13 heavy (non-hydrogen) atoms. The summed E-state index contributed by atoms with van der Waals surface area (Å²) in [5.74, 6) is 0. The molecule has 1 aliphatic rings. The van der Waals surface area contributed by atoms with Crippen LogP contribution in [0.2, 0.25) is 0 Å². The molecule has 1 heterocycles. The van der Waals surface area contributed by atoms with E-state index in [1.54, 1.807) is 11.3 Å². The zero-order valence-electron chi connectivity index (χ0n) is 8.05.